The van der Waals surface area contributed by atoms with E-state index in [2.05, 4.69) is 47.3 Å². The molecule has 0 atom stereocenters. The van der Waals surface area contributed by atoms with Gasteiger partial charge in [0.2, 0.25) is 11.1 Å². The van der Waals surface area contributed by atoms with E-state index < -0.39 is 0 Å². The van der Waals surface area contributed by atoms with Crippen LogP contribution in [0.1, 0.15) is 50.1 Å². The summed E-state index contributed by atoms with van der Waals surface area (Å²) < 4.78 is 2.88. The number of nitrogens with one attached hydrogen (secondary N) is 1. The zero-order chi connectivity index (χ0) is 27.3. The van der Waals surface area contributed by atoms with Gasteiger partial charge in [-0.2, -0.15) is 9.61 Å². The number of fused-ring (bicyclic) bond motifs is 2. The van der Waals surface area contributed by atoms with Crippen LogP contribution in [0.25, 0.3) is 15.9 Å². The molecular weight excluding hydrogens is 555 g/mol. The lowest BCUT2D eigenvalue weighted by molar-refractivity contribution is -0.117. The molecule has 1 amide bonds. The van der Waals surface area contributed by atoms with Gasteiger partial charge in [-0.25, -0.2) is 4.98 Å². The lowest BCUT2D eigenvalue weighted by atomic mass is 10.0. The summed E-state index contributed by atoms with van der Waals surface area (Å²) in [7, 11) is 0. The summed E-state index contributed by atoms with van der Waals surface area (Å²) in [4.78, 5) is 26.2. The van der Waals surface area contributed by atoms with Gasteiger partial charge in [-0.3, -0.25) is 14.6 Å². The first-order valence-electron chi connectivity index (χ1n) is 15.0. The average molecular weight is 590 g/mol. The van der Waals surface area contributed by atoms with Crippen LogP contribution in [0.3, 0.4) is 0 Å². The first-order chi connectivity index (χ1) is 20.1. The summed E-state index contributed by atoms with van der Waals surface area (Å²) in [5, 5.41) is 17.9. The van der Waals surface area contributed by atoms with Crippen molar-refractivity contribution in [3.05, 3.63) is 36.0 Å². The van der Waals surface area contributed by atoms with Crippen molar-refractivity contribution >= 4 is 50.0 Å². The van der Waals surface area contributed by atoms with E-state index in [9.17, 15) is 4.79 Å². The molecule has 8 rings (SSSR count). The minimum atomic E-state index is 0.0114. The molecule has 4 fully saturated rings. The highest BCUT2D eigenvalue weighted by Gasteiger charge is 2.34. The Balaban J connectivity index is 0.853. The van der Waals surface area contributed by atoms with Crippen LogP contribution in [-0.4, -0.2) is 103 Å². The lowest BCUT2D eigenvalue weighted by Gasteiger charge is -2.42. The van der Waals surface area contributed by atoms with Gasteiger partial charge in [-0.05, 0) is 93.7 Å². The van der Waals surface area contributed by atoms with E-state index in [-0.39, 0.29) is 5.91 Å². The van der Waals surface area contributed by atoms with E-state index in [1.807, 2.05) is 22.7 Å². The van der Waals surface area contributed by atoms with Gasteiger partial charge in [0.25, 0.3) is 0 Å². The number of rotatable bonds is 8. The second kappa shape index (κ2) is 10.9. The number of carbonyl (C=O) groups excluding carboxylic acids is 1. The fourth-order valence-electron chi connectivity index (χ4n) is 6.28. The fourth-order valence-corrected chi connectivity index (χ4v) is 8.10. The summed E-state index contributed by atoms with van der Waals surface area (Å²) in [6.07, 6.45) is 7.82. The number of anilines is 1. The van der Waals surface area contributed by atoms with Gasteiger partial charge in [-0.1, -0.05) is 11.3 Å². The minimum absolute atomic E-state index is 0.0114. The van der Waals surface area contributed by atoms with Gasteiger partial charge in [0.15, 0.2) is 10.8 Å². The minimum Gasteiger partial charge on any atom is -0.301 e. The second-order valence-corrected chi connectivity index (χ2v) is 14.0. The zero-order valence-corrected chi connectivity index (χ0v) is 24.7. The van der Waals surface area contributed by atoms with Gasteiger partial charge >= 0.3 is 0 Å². The number of carbonyl (C=O) groups is 1. The molecule has 10 nitrogen and oxygen atoms in total. The van der Waals surface area contributed by atoms with Gasteiger partial charge in [0.05, 0.1) is 22.5 Å². The van der Waals surface area contributed by atoms with Crippen LogP contribution in [0, 0.1) is 0 Å². The number of benzene rings is 1. The number of aromatic nitrogens is 5. The number of piperidine rings is 1. The van der Waals surface area contributed by atoms with Gasteiger partial charge < -0.3 is 10.2 Å². The predicted octanol–water partition coefficient (Wildman–Crippen LogP) is 3.95. The summed E-state index contributed by atoms with van der Waals surface area (Å²) >= 11 is 3.06. The van der Waals surface area contributed by atoms with E-state index in [0.717, 1.165) is 63.8 Å². The first-order valence-corrected chi connectivity index (χ1v) is 16.6. The van der Waals surface area contributed by atoms with Crippen molar-refractivity contribution in [3.8, 4) is 0 Å². The topological polar surface area (TPSA) is 94.8 Å². The third kappa shape index (κ3) is 5.72. The first kappa shape index (κ1) is 26.0. The SMILES string of the molecule is O=C(CN1CCN(C2CCN(C3CC3)CC2)CC1)Nc1nc2ccc(Sc3nnc4ccc(C5CC5)nn34)cc2s1. The normalized spacial score (nSPS) is 21.7. The molecule has 214 valence electrons. The molecule has 4 aliphatic rings. The smallest absolute Gasteiger partial charge is 0.240 e. The number of hydrogen-bond donors (Lipinski definition) is 1. The Morgan fingerprint density at radius 3 is 2.46 bits per heavy atom. The van der Waals surface area contributed by atoms with Crippen molar-refractivity contribution < 1.29 is 4.79 Å². The highest BCUT2D eigenvalue weighted by molar-refractivity contribution is 7.99. The van der Waals surface area contributed by atoms with Crippen molar-refractivity contribution in [2.24, 2.45) is 0 Å². The molecule has 2 aliphatic heterocycles. The van der Waals surface area contributed by atoms with Crippen molar-refractivity contribution in [1.29, 1.82) is 0 Å². The number of piperazine rings is 1. The van der Waals surface area contributed by atoms with Crippen LogP contribution in [-0.2, 0) is 4.79 Å². The molecule has 0 bridgehead atoms. The molecule has 41 heavy (non-hydrogen) atoms. The molecular formula is C29H35N9OS2. The van der Waals surface area contributed by atoms with Crippen LogP contribution in [0.5, 0.6) is 0 Å². The van der Waals surface area contributed by atoms with Gasteiger partial charge in [-0.15, -0.1) is 10.2 Å². The molecule has 0 radical (unpaired) electrons. The highest BCUT2D eigenvalue weighted by Crippen LogP contribution is 2.39. The maximum atomic E-state index is 12.9. The maximum Gasteiger partial charge on any atom is 0.240 e. The van der Waals surface area contributed by atoms with Crippen molar-refractivity contribution in [3.63, 3.8) is 0 Å². The van der Waals surface area contributed by atoms with Crippen molar-refractivity contribution in [2.75, 3.05) is 51.1 Å². The molecule has 1 aromatic carbocycles. The molecule has 3 aromatic heterocycles. The van der Waals surface area contributed by atoms with Gasteiger partial charge in [0.1, 0.15) is 0 Å². The Morgan fingerprint density at radius 1 is 0.902 bits per heavy atom. The Morgan fingerprint density at radius 2 is 1.68 bits per heavy atom. The number of likely N-dealkylation sites (tertiary alicyclic amines) is 1. The fraction of sp³-hybridized carbons (Fsp3) is 0.552. The van der Waals surface area contributed by atoms with E-state index in [1.165, 1.54) is 63.0 Å². The number of amides is 1. The standard InChI is InChI=1S/C29H35N9OS2/c39-27(18-35-13-15-37(16-14-35)21-9-11-36(12-10-21)20-3-4-20)31-28-30-24-6-5-22(17-25(24)41-28)40-29-33-32-26-8-7-23(19-1-2-19)34-38(26)29/h5-8,17,19-21H,1-4,9-16,18H2,(H,30,31,39). The maximum absolute atomic E-state index is 12.9. The lowest BCUT2D eigenvalue weighted by Crippen LogP contribution is -2.54. The predicted molar refractivity (Wildman–Crippen MR) is 161 cm³/mol. The van der Waals surface area contributed by atoms with Crippen molar-refractivity contribution in [1.82, 2.24) is 39.5 Å². The number of nitrogens with zero attached hydrogens (tertiary/aromatic N) is 8. The number of thiazole rings is 1. The summed E-state index contributed by atoms with van der Waals surface area (Å²) in [6.45, 7) is 6.95. The molecule has 5 heterocycles. The third-order valence-electron chi connectivity index (χ3n) is 8.92. The van der Waals surface area contributed by atoms with Crippen LogP contribution in [0.15, 0.2) is 40.4 Å². The van der Waals surface area contributed by atoms with E-state index in [0.29, 0.717) is 23.6 Å². The van der Waals surface area contributed by atoms with Crippen LogP contribution in [0.2, 0.25) is 0 Å². The summed E-state index contributed by atoms with van der Waals surface area (Å²) in [6, 6.07) is 11.8. The van der Waals surface area contributed by atoms with E-state index in [1.54, 1.807) is 11.8 Å². The van der Waals surface area contributed by atoms with Gasteiger partial charge in [0, 0.05) is 49.1 Å². The molecule has 2 aliphatic carbocycles. The number of hydrogen-bond acceptors (Lipinski definition) is 10. The molecule has 1 N–H and O–H groups in total. The molecule has 0 unspecified atom stereocenters. The largest absolute Gasteiger partial charge is 0.301 e. The third-order valence-corrected chi connectivity index (χ3v) is 10.8. The Bertz CT molecular complexity index is 1560. The summed E-state index contributed by atoms with van der Waals surface area (Å²) in [5.74, 6) is 0.587. The molecule has 2 saturated carbocycles. The second-order valence-electron chi connectivity index (χ2n) is 11.9. The highest BCUT2D eigenvalue weighted by atomic mass is 32.2. The van der Waals surface area contributed by atoms with Crippen LogP contribution < -0.4 is 5.32 Å². The Labute approximate surface area is 247 Å². The monoisotopic (exact) mass is 589 g/mol. The molecule has 4 aromatic rings. The zero-order valence-electron chi connectivity index (χ0n) is 23.1. The van der Waals surface area contributed by atoms with Crippen LogP contribution in [0.4, 0.5) is 5.13 Å². The Hall–Kier alpha value is -2.64. The van der Waals surface area contributed by atoms with E-state index in [4.69, 9.17) is 5.10 Å². The average Bonchev–Trinajstić information content (AvgIpc) is 3.93. The quantitative estimate of drug-likeness (QED) is 0.328. The van der Waals surface area contributed by atoms with E-state index >= 15 is 0 Å². The molecule has 12 heteroatoms. The molecule has 0 spiro atoms. The van der Waals surface area contributed by atoms with Crippen LogP contribution >= 0.6 is 23.1 Å². The molecule has 2 saturated heterocycles. The summed E-state index contributed by atoms with van der Waals surface area (Å²) in [5.41, 5.74) is 2.76. The Kier molecular flexibility index (Phi) is 6.91. The van der Waals surface area contributed by atoms with Crippen molar-refractivity contribution in [2.45, 2.75) is 66.6 Å².